The number of methoxy groups -OCH3 is 2. The highest BCUT2D eigenvalue weighted by molar-refractivity contribution is 5.95. The van der Waals surface area contributed by atoms with Gasteiger partial charge in [0, 0.05) is 24.0 Å². The van der Waals surface area contributed by atoms with Crippen molar-refractivity contribution < 1.29 is 19.1 Å². The van der Waals surface area contributed by atoms with Gasteiger partial charge in [-0.2, -0.15) is 0 Å². The van der Waals surface area contributed by atoms with Crippen molar-refractivity contribution in [3.63, 3.8) is 0 Å². The number of carbonyl (C=O) groups excluding carboxylic acids is 2. The van der Waals surface area contributed by atoms with Crippen molar-refractivity contribution in [2.45, 2.75) is 13.8 Å². The molecule has 22 heavy (non-hydrogen) atoms. The van der Waals surface area contributed by atoms with E-state index in [-0.39, 0.29) is 0 Å². The van der Waals surface area contributed by atoms with Crippen molar-refractivity contribution in [2.75, 3.05) is 25.7 Å². The summed E-state index contributed by atoms with van der Waals surface area (Å²) in [6, 6.07) is 9.67. The van der Waals surface area contributed by atoms with Gasteiger partial charge in [0.15, 0.2) is 0 Å². The van der Waals surface area contributed by atoms with Gasteiger partial charge < -0.3 is 14.4 Å². The Hall–Kier alpha value is -2.56. The maximum Gasteiger partial charge on any atom is 0.339 e. The molecule has 1 rings (SSSR count). The molecule has 118 valence electrons. The van der Waals surface area contributed by atoms with Gasteiger partial charge in [-0.25, -0.2) is 9.59 Å². The van der Waals surface area contributed by atoms with Gasteiger partial charge in [-0.3, -0.25) is 0 Å². The molecule has 5 heteroatoms. The van der Waals surface area contributed by atoms with Gasteiger partial charge in [-0.1, -0.05) is 18.2 Å². The third-order valence-corrected chi connectivity index (χ3v) is 3.17. The van der Waals surface area contributed by atoms with E-state index in [1.165, 1.54) is 26.4 Å². The van der Waals surface area contributed by atoms with Crippen molar-refractivity contribution in [1.82, 2.24) is 0 Å². The molecule has 0 radical (unpaired) electrons. The highest BCUT2D eigenvalue weighted by Gasteiger charge is 2.16. The number of nitrogens with zero attached hydrogens (tertiary/aromatic N) is 1. The van der Waals surface area contributed by atoms with Crippen molar-refractivity contribution in [3.05, 3.63) is 53.8 Å². The standard InChI is InChI=1S/C17H21NO4/c1-5-18(14-9-7-6-8-10-14)13(2)15(17(20)22-4)11-12-16(19)21-3/h6-12H,5H2,1-4H3/b12-11+,15-13+. The first-order valence-electron chi connectivity index (χ1n) is 6.92. The molecule has 0 spiro atoms. The summed E-state index contributed by atoms with van der Waals surface area (Å²) in [7, 11) is 2.59. The Morgan fingerprint density at radius 3 is 2.23 bits per heavy atom. The van der Waals surface area contributed by atoms with Gasteiger partial charge in [-0.15, -0.1) is 0 Å². The average molecular weight is 303 g/mol. The highest BCUT2D eigenvalue weighted by Crippen LogP contribution is 2.21. The predicted molar refractivity (Wildman–Crippen MR) is 85.3 cm³/mol. The van der Waals surface area contributed by atoms with E-state index in [9.17, 15) is 9.59 Å². The molecule has 0 fully saturated rings. The molecule has 0 aromatic heterocycles. The third kappa shape index (κ3) is 4.48. The van der Waals surface area contributed by atoms with Crippen molar-refractivity contribution in [2.24, 2.45) is 0 Å². The maximum absolute atomic E-state index is 12.0. The van der Waals surface area contributed by atoms with Crippen LogP contribution in [-0.4, -0.2) is 32.7 Å². The minimum atomic E-state index is -0.531. The highest BCUT2D eigenvalue weighted by atomic mass is 16.5. The van der Waals surface area contributed by atoms with E-state index >= 15 is 0 Å². The molecule has 0 aliphatic heterocycles. The fraction of sp³-hybridized carbons (Fsp3) is 0.294. The lowest BCUT2D eigenvalue weighted by Gasteiger charge is -2.25. The second-order valence-electron chi connectivity index (χ2n) is 4.43. The van der Waals surface area contributed by atoms with E-state index in [1.807, 2.05) is 49.1 Å². The van der Waals surface area contributed by atoms with Gasteiger partial charge in [0.05, 0.1) is 19.8 Å². The fourth-order valence-corrected chi connectivity index (χ4v) is 2.03. The van der Waals surface area contributed by atoms with Crippen LogP contribution in [0.4, 0.5) is 5.69 Å². The van der Waals surface area contributed by atoms with E-state index in [0.29, 0.717) is 17.8 Å². The van der Waals surface area contributed by atoms with Gasteiger partial charge in [0.2, 0.25) is 0 Å². The summed E-state index contributed by atoms with van der Waals surface area (Å²) in [6.07, 6.45) is 2.62. The molecule has 0 atom stereocenters. The number of esters is 2. The first-order chi connectivity index (χ1) is 10.5. The number of ether oxygens (including phenoxy) is 2. The van der Waals surface area contributed by atoms with Crippen molar-refractivity contribution in [1.29, 1.82) is 0 Å². The van der Waals surface area contributed by atoms with E-state index in [0.717, 1.165) is 5.69 Å². The molecule has 1 aromatic rings. The molecule has 0 aliphatic rings. The maximum atomic E-state index is 12.0. The van der Waals surface area contributed by atoms with Crippen LogP contribution in [0.25, 0.3) is 0 Å². The van der Waals surface area contributed by atoms with Crippen LogP contribution < -0.4 is 4.90 Å². The average Bonchev–Trinajstić information content (AvgIpc) is 2.56. The molecule has 0 N–H and O–H groups in total. The first kappa shape index (κ1) is 17.5. The Morgan fingerprint density at radius 2 is 1.73 bits per heavy atom. The topological polar surface area (TPSA) is 55.8 Å². The Labute approximate surface area is 130 Å². The Bertz CT molecular complexity index is 576. The lowest BCUT2D eigenvalue weighted by atomic mass is 10.1. The van der Waals surface area contributed by atoms with Crippen LogP contribution in [0.1, 0.15) is 13.8 Å². The summed E-state index contributed by atoms with van der Waals surface area (Å²) in [5.74, 6) is -1.04. The molecule has 0 saturated carbocycles. The number of carbonyl (C=O) groups is 2. The minimum Gasteiger partial charge on any atom is -0.466 e. The third-order valence-electron chi connectivity index (χ3n) is 3.17. The molecule has 1 aromatic carbocycles. The number of rotatable bonds is 6. The number of hydrogen-bond donors (Lipinski definition) is 0. The fourth-order valence-electron chi connectivity index (χ4n) is 2.03. The molecular formula is C17H21NO4. The number of anilines is 1. The molecule has 0 saturated heterocycles. The molecule has 0 amide bonds. The summed E-state index contributed by atoms with van der Waals surface area (Å²) >= 11 is 0. The van der Waals surface area contributed by atoms with E-state index in [4.69, 9.17) is 4.74 Å². The van der Waals surface area contributed by atoms with E-state index in [1.54, 1.807) is 0 Å². The van der Waals surface area contributed by atoms with Gasteiger partial charge in [-0.05, 0) is 32.1 Å². The van der Waals surface area contributed by atoms with Crippen LogP contribution >= 0.6 is 0 Å². The van der Waals surface area contributed by atoms with Crippen LogP contribution in [-0.2, 0) is 19.1 Å². The molecule has 0 unspecified atom stereocenters. The summed E-state index contributed by atoms with van der Waals surface area (Å²) < 4.78 is 9.35. The first-order valence-corrected chi connectivity index (χ1v) is 6.92. The second kappa shape index (κ2) is 8.67. The van der Waals surface area contributed by atoms with E-state index < -0.39 is 11.9 Å². The van der Waals surface area contributed by atoms with Gasteiger partial charge >= 0.3 is 11.9 Å². The SMILES string of the molecule is CCN(/C(C)=C(\C=C\C(=O)OC)C(=O)OC)c1ccccc1. The lowest BCUT2D eigenvalue weighted by molar-refractivity contribution is -0.135. The van der Waals surface area contributed by atoms with E-state index in [2.05, 4.69) is 4.74 Å². The molecule has 5 nitrogen and oxygen atoms in total. The number of benzene rings is 1. The van der Waals surface area contributed by atoms with Crippen LogP contribution in [0.15, 0.2) is 53.8 Å². The normalized spacial score (nSPS) is 11.8. The lowest BCUT2D eigenvalue weighted by Crippen LogP contribution is -2.23. The second-order valence-corrected chi connectivity index (χ2v) is 4.43. The Balaban J connectivity index is 3.27. The smallest absolute Gasteiger partial charge is 0.339 e. The monoisotopic (exact) mass is 303 g/mol. The molecular weight excluding hydrogens is 282 g/mol. The summed E-state index contributed by atoms with van der Waals surface area (Å²) in [5.41, 5.74) is 1.95. The molecule has 0 aliphatic carbocycles. The summed E-state index contributed by atoms with van der Waals surface area (Å²) in [4.78, 5) is 25.2. The summed E-state index contributed by atoms with van der Waals surface area (Å²) in [6.45, 7) is 4.46. The van der Waals surface area contributed by atoms with Crippen LogP contribution in [0.5, 0.6) is 0 Å². The zero-order valence-electron chi connectivity index (χ0n) is 13.3. The summed E-state index contributed by atoms with van der Waals surface area (Å²) in [5, 5.41) is 0. The quantitative estimate of drug-likeness (QED) is 0.459. The molecule has 0 bridgehead atoms. The number of para-hydroxylation sites is 1. The van der Waals surface area contributed by atoms with Crippen LogP contribution in [0.2, 0.25) is 0 Å². The van der Waals surface area contributed by atoms with Crippen molar-refractivity contribution in [3.8, 4) is 0 Å². The van der Waals surface area contributed by atoms with Gasteiger partial charge in [0.1, 0.15) is 0 Å². The van der Waals surface area contributed by atoms with Crippen LogP contribution in [0.3, 0.4) is 0 Å². The van der Waals surface area contributed by atoms with Gasteiger partial charge in [0.25, 0.3) is 0 Å². The predicted octanol–water partition coefficient (Wildman–Crippen LogP) is 2.69. The zero-order valence-corrected chi connectivity index (χ0v) is 13.3. The Morgan fingerprint density at radius 1 is 1.09 bits per heavy atom. The zero-order chi connectivity index (χ0) is 16.5. The Kier molecular flexibility index (Phi) is 6.89. The van der Waals surface area contributed by atoms with Crippen LogP contribution in [0, 0.1) is 0 Å². The minimum absolute atomic E-state index is 0.304. The molecule has 0 heterocycles. The van der Waals surface area contributed by atoms with Crippen molar-refractivity contribution >= 4 is 17.6 Å². The largest absolute Gasteiger partial charge is 0.466 e. The number of hydrogen-bond acceptors (Lipinski definition) is 5. The number of allylic oxidation sites excluding steroid dienone is 1.